The maximum atomic E-state index is 13.0. The maximum absolute atomic E-state index is 13.0. The van der Waals surface area contributed by atoms with Crippen LogP contribution in [-0.4, -0.2) is 39.0 Å². The van der Waals surface area contributed by atoms with Crippen LogP contribution in [0.15, 0.2) is 36.8 Å². The average Bonchev–Trinajstić information content (AvgIpc) is 2.55. The summed E-state index contributed by atoms with van der Waals surface area (Å²) >= 11 is 0. The van der Waals surface area contributed by atoms with Crippen molar-refractivity contribution in [2.45, 2.75) is 18.8 Å². The van der Waals surface area contributed by atoms with E-state index in [2.05, 4.69) is 9.97 Å². The van der Waals surface area contributed by atoms with Crippen LogP contribution in [0, 0.1) is 5.82 Å². The number of likely N-dealkylation sites (tertiary alicyclic amines) is 1. The fraction of sp³-hybridized carbons (Fsp3) is 0.312. The summed E-state index contributed by atoms with van der Waals surface area (Å²) in [5.74, 6) is -1.01. The van der Waals surface area contributed by atoms with Crippen molar-refractivity contribution in [3.05, 3.63) is 53.9 Å². The number of amides is 1. The first-order valence-corrected chi connectivity index (χ1v) is 7.19. The molecule has 6 heteroatoms. The van der Waals surface area contributed by atoms with Crippen molar-refractivity contribution in [2.24, 2.45) is 0 Å². The number of rotatable bonds is 2. The highest BCUT2D eigenvalue weighted by atomic mass is 19.1. The van der Waals surface area contributed by atoms with E-state index in [4.69, 9.17) is 0 Å². The molecule has 0 aliphatic carbocycles. The molecule has 1 atom stereocenters. The normalized spacial score (nSPS) is 18.2. The summed E-state index contributed by atoms with van der Waals surface area (Å²) in [6.07, 6.45) is 5.01. The van der Waals surface area contributed by atoms with Crippen molar-refractivity contribution in [3.63, 3.8) is 0 Å². The van der Waals surface area contributed by atoms with Crippen LogP contribution in [0.4, 0.5) is 4.39 Å². The molecule has 2 heterocycles. The first kappa shape index (κ1) is 14.4. The van der Waals surface area contributed by atoms with E-state index in [-0.39, 0.29) is 23.1 Å². The van der Waals surface area contributed by atoms with Crippen LogP contribution in [0.3, 0.4) is 0 Å². The Balaban J connectivity index is 1.78. The molecule has 1 amide bonds. The van der Waals surface area contributed by atoms with E-state index in [1.807, 2.05) is 6.07 Å². The first-order valence-electron chi connectivity index (χ1n) is 7.19. The molecule has 1 fully saturated rings. The molecule has 114 valence electrons. The highest BCUT2D eigenvalue weighted by Gasteiger charge is 2.27. The molecular formula is C16H16FN3O2. The predicted molar refractivity (Wildman–Crippen MR) is 78.0 cm³/mol. The quantitative estimate of drug-likeness (QED) is 0.924. The van der Waals surface area contributed by atoms with Gasteiger partial charge >= 0.3 is 0 Å². The zero-order valence-corrected chi connectivity index (χ0v) is 11.9. The van der Waals surface area contributed by atoms with Gasteiger partial charge in [-0.05, 0) is 31.0 Å². The van der Waals surface area contributed by atoms with Gasteiger partial charge in [0.2, 0.25) is 0 Å². The number of benzene rings is 1. The number of phenolic OH excluding ortho intramolecular Hbond substituents is 1. The van der Waals surface area contributed by atoms with Gasteiger partial charge < -0.3 is 10.0 Å². The third kappa shape index (κ3) is 2.90. The first-order chi connectivity index (χ1) is 10.6. The third-order valence-corrected chi connectivity index (χ3v) is 3.92. The van der Waals surface area contributed by atoms with Crippen molar-refractivity contribution in [1.82, 2.24) is 14.9 Å². The van der Waals surface area contributed by atoms with Gasteiger partial charge in [0.1, 0.15) is 17.9 Å². The van der Waals surface area contributed by atoms with Crippen LogP contribution < -0.4 is 0 Å². The molecule has 1 saturated heterocycles. The second-order valence-corrected chi connectivity index (χ2v) is 5.39. The summed E-state index contributed by atoms with van der Waals surface area (Å²) in [4.78, 5) is 22.4. The van der Waals surface area contributed by atoms with Crippen LogP contribution in [0.5, 0.6) is 5.75 Å². The van der Waals surface area contributed by atoms with E-state index in [0.717, 1.165) is 24.6 Å². The summed E-state index contributed by atoms with van der Waals surface area (Å²) in [5.41, 5.74) is 1.04. The zero-order chi connectivity index (χ0) is 15.5. The summed E-state index contributed by atoms with van der Waals surface area (Å²) in [7, 11) is 0. The molecular weight excluding hydrogens is 285 g/mol. The van der Waals surface area contributed by atoms with Gasteiger partial charge in [-0.2, -0.15) is 0 Å². The van der Waals surface area contributed by atoms with Gasteiger partial charge in [-0.3, -0.25) is 4.79 Å². The Morgan fingerprint density at radius 3 is 2.95 bits per heavy atom. The van der Waals surface area contributed by atoms with Crippen molar-refractivity contribution in [1.29, 1.82) is 0 Å². The SMILES string of the molecule is O=C(c1ccc(F)cc1O)N1CCC[C@@H](c2ccncn2)C1. The van der Waals surface area contributed by atoms with Crippen molar-refractivity contribution < 1.29 is 14.3 Å². The van der Waals surface area contributed by atoms with Crippen molar-refractivity contribution >= 4 is 5.91 Å². The molecule has 1 aliphatic heterocycles. The summed E-state index contributed by atoms with van der Waals surface area (Å²) in [6.45, 7) is 1.16. The van der Waals surface area contributed by atoms with Crippen LogP contribution >= 0.6 is 0 Å². The standard InChI is InChI=1S/C16H16FN3O2/c17-12-3-4-13(15(21)8-12)16(22)20-7-1-2-11(9-20)14-5-6-18-10-19-14/h3-6,8,10-11,21H,1-2,7,9H2/t11-/m1/s1. The minimum atomic E-state index is -0.563. The van der Waals surface area contributed by atoms with Crippen LogP contribution in [0.25, 0.3) is 0 Å². The van der Waals surface area contributed by atoms with Crippen molar-refractivity contribution in [3.8, 4) is 5.75 Å². The lowest BCUT2D eigenvalue weighted by Gasteiger charge is -2.32. The van der Waals surface area contributed by atoms with Gasteiger partial charge in [-0.25, -0.2) is 14.4 Å². The molecule has 0 spiro atoms. The lowest BCUT2D eigenvalue weighted by Crippen LogP contribution is -2.39. The molecule has 0 unspecified atom stereocenters. The van der Waals surface area contributed by atoms with Gasteiger partial charge in [0.25, 0.3) is 5.91 Å². The van der Waals surface area contributed by atoms with E-state index >= 15 is 0 Å². The minimum absolute atomic E-state index is 0.129. The largest absolute Gasteiger partial charge is 0.507 e. The summed E-state index contributed by atoms with van der Waals surface area (Å²) in [6, 6.07) is 5.31. The molecule has 1 N–H and O–H groups in total. The van der Waals surface area contributed by atoms with E-state index < -0.39 is 5.82 Å². The lowest BCUT2D eigenvalue weighted by atomic mass is 9.94. The van der Waals surface area contributed by atoms with E-state index in [1.54, 1.807) is 11.1 Å². The minimum Gasteiger partial charge on any atom is -0.507 e. The molecule has 0 bridgehead atoms. The fourth-order valence-corrected chi connectivity index (χ4v) is 2.80. The van der Waals surface area contributed by atoms with Crippen LogP contribution in [-0.2, 0) is 0 Å². The molecule has 0 saturated carbocycles. The molecule has 22 heavy (non-hydrogen) atoms. The molecule has 5 nitrogen and oxygen atoms in total. The zero-order valence-electron chi connectivity index (χ0n) is 11.9. The number of nitrogens with zero attached hydrogens (tertiary/aromatic N) is 3. The Morgan fingerprint density at radius 1 is 1.36 bits per heavy atom. The third-order valence-electron chi connectivity index (χ3n) is 3.92. The maximum Gasteiger partial charge on any atom is 0.257 e. The van der Waals surface area contributed by atoms with E-state index in [0.29, 0.717) is 13.1 Å². The summed E-state index contributed by atoms with van der Waals surface area (Å²) in [5, 5.41) is 9.77. The van der Waals surface area contributed by atoms with Gasteiger partial charge in [0.05, 0.1) is 5.56 Å². The number of halogens is 1. The van der Waals surface area contributed by atoms with E-state index in [9.17, 15) is 14.3 Å². The second-order valence-electron chi connectivity index (χ2n) is 5.39. The second kappa shape index (κ2) is 6.09. The van der Waals surface area contributed by atoms with Crippen LogP contribution in [0.1, 0.15) is 34.8 Å². The number of piperidine rings is 1. The molecule has 2 aromatic rings. The highest BCUT2D eigenvalue weighted by molar-refractivity contribution is 5.96. The molecule has 1 aromatic heterocycles. The van der Waals surface area contributed by atoms with E-state index in [1.165, 1.54) is 18.5 Å². The molecule has 1 aromatic carbocycles. The highest BCUT2D eigenvalue weighted by Crippen LogP contribution is 2.28. The molecule has 3 rings (SSSR count). The monoisotopic (exact) mass is 301 g/mol. The average molecular weight is 301 g/mol. The topological polar surface area (TPSA) is 66.3 Å². The van der Waals surface area contributed by atoms with Gasteiger partial charge in [0.15, 0.2) is 0 Å². The summed E-state index contributed by atoms with van der Waals surface area (Å²) < 4.78 is 13.0. The Labute approximate surface area is 127 Å². The Hall–Kier alpha value is -2.50. The van der Waals surface area contributed by atoms with Gasteiger partial charge in [-0.1, -0.05) is 0 Å². The van der Waals surface area contributed by atoms with Gasteiger partial charge in [0, 0.05) is 37.0 Å². The fourth-order valence-electron chi connectivity index (χ4n) is 2.80. The number of hydrogen-bond acceptors (Lipinski definition) is 4. The molecule has 1 aliphatic rings. The number of carbonyl (C=O) groups is 1. The molecule has 0 radical (unpaired) electrons. The Bertz CT molecular complexity index is 678. The lowest BCUT2D eigenvalue weighted by molar-refractivity contribution is 0.0702. The number of aromatic nitrogens is 2. The number of hydrogen-bond donors (Lipinski definition) is 1. The Morgan fingerprint density at radius 2 is 2.23 bits per heavy atom. The predicted octanol–water partition coefficient (Wildman–Crippen LogP) is 2.34. The van der Waals surface area contributed by atoms with Crippen LogP contribution in [0.2, 0.25) is 0 Å². The van der Waals surface area contributed by atoms with Crippen molar-refractivity contribution in [2.75, 3.05) is 13.1 Å². The Kier molecular flexibility index (Phi) is 4.00. The number of phenols is 1. The number of aromatic hydroxyl groups is 1. The smallest absolute Gasteiger partial charge is 0.257 e. The van der Waals surface area contributed by atoms with Gasteiger partial charge in [-0.15, -0.1) is 0 Å². The number of carbonyl (C=O) groups excluding carboxylic acids is 1.